The predicted octanol–water partition coefficient (Wildman–Crippen LogP) is 2.97. The molecule has 1 heterocycles. The molecule has 0 aliphatic carbocycles. The number of rotatable bonds is 2. The summed E-state index contributed by atoms with van der Waals surface area (Å²) in [6.45, 7) is 0.763. The van der Waals surface area contributed by atoms with E-state index in [9.17, 15) is 8.42 Å². The lowest BCUT2D eigenvalue weighted by molar-refractivity contribution is -0.0461. The van der Waals surface area contributed by atoms with Crippen LogP contribution in [0.15, 0.2) is 17.0 Å². The van der Waals surface area contributed by atoms with Crippen molar-refractivity contribution >= 4 is 42.9 Å². The third-order valence-corrected chi connectivity index (χ3v) is 4.51. The second-order valence-electron chi connectivity index (χ2n) is 3.29. The summed E-state index contributed by atoms with van der Waals surface area (Å²) in [7, 11) is 1.31. The molecule has 1 aliphatic heterocycles. The monoisotopic (exact) mass is 316 g/mol. The van der Waals surface area contributed by atoms with Gasteiger partial charge in [-0.1, -0.05) is 29.3 Å². The van der Waals surface area contributed by atoms with Crippen molar-refractivity contribution in [1.29, 1.82) is 0 Å². The summed E-state index contributed by atoms with van der Waals surface area (Å²) in [4.78, 5) is -0.264. The van der Waals surface area contributed by atoms with Crippen molar-refractivity contribution in [3.05, 3.63) is 27.7 Å². The SMILES string of the molecule is O=S(=O)(Cl)c1c(C2OCCO2)ccc(Cl)c1Cl. The van der Waals surface area contributed by atoms with Gasteiger partial charge in [0, 0.05) is 16.2 Å². The zero-order valence-corrected chi connectivity index (χ0v) is 11.4. The zero-order chi connectivity index (χ0) is 12.6. The standard InChI is InChI=1S/C9H7Cl3O4S/c10-6-2-1-5(9-15-3-4-16-9)8(7(6)11)17(12,13)14/h1-2,9H,3-4H2. The third-order valence-electron chi connectivity index (χ3n) is 2.20. The average Bonchev–Trinajstić information content (AvgIpc) is 2.73. The Bertz CT molecular complexity index is 537. The molecule has 1 saturated heterocycles. The predicted molar refractivity (Wildman–Crippen MR) is 64.1 cm³/mol. The van der Waals surface area contributed by atoms with Gasteiger partial charge < -0.3 is 9.47 Å². The molecule has 0 spiro atoms. The largest absolute Gasteiger partial charge is 0.346 e. The van der Waals surface area contributed by atoms with Gasteiger partial charge in [0.15, 0.2) is 6.29 Å². The molecule has 0 radical (unpaired) electrons. The van der Waals surface area contributed by atoms with E-state index < -0.39 is 15.3 Å². The highest BCUT2D eigenvalue weighted by Gasteiger charge is 2.29. The van der Waals surface area contributed by atoms with Crippen molar-refractivity contribution in [1.82, 2.24) is 0 Å². The number of hydrogen-bond acceptors (Lipinski definition) is 4. The Kier molecular flexibility index (Phi) is 3.87. The molecule has 1 aromatic carbocycles. The minimum atomic E-state index is -4.03. The van der Waals surface area contributed by atoms with E-state index in [4.69, 9.17) is 43.4 Å². The van der Waals surface area contributed by atoms with Gasteiger partial charge in [-0.15, -0.1) is 0 Å². The fraction of sp³-hybridized carbons (Fsp3) is 0.333. The first kappa shape index (κ1) is 13.4. The summed E-state index contributed by atoms with van der Waals surface area (Å²) in [5, 5.41) is -0.0223. The maximum Gasteiger partial charge on any atom is 0.263 e. The molecule has 8 heteroatoms. The highest BCUT2D eigenvalue weighted by Crippen LogP contribution is 2.38. The van der Waals surface area contributed by atoms with Gasteiger partial charge in [0.2, 0.25) is 0 Å². The van der Waals surface area contributed by atoms with Gasteiger partial charge >= 0.3 is 0 Å². The molecule has 1 aromatic rings. The van der Waals surface area contributed by atoms with Crippen molar-refractivity contribution in [3.8, 4) is 0 Å². The second kappa shape index (κ2) is 4.91. The van der Waals surface area contributed by atoms with Crippen molar-refractivity contribution in [2.75, 3.05) is 13.2 Å². The lowest BCUT2D eigenvalue weighted by atomic mass is 10.2. The quantitative estimate of drug-likeness (QED) is 0.787. The van der Waals surface area contributed by atoms with Crippen LogP contribution in [0.5, 0.6) is 0 Å². The second-order valence-corrected chi connectivity index (χ2v) is 6.58. The summed E-state index contributed by atoms with van der Waals surface area (Å²) in [6.07, 6.45) is -0.784. The number of ether oxygens (including phenoxy) is 2. The molecule has 0 saturated carbocycles. The lowest BCUT2D eigenvalue weighted by Gasteiger charge is -2.14. The molecule has 1 fully saturated rings. The van der Waals surface area contributed by atoms with E-state index in [1.807, 2.05) is 0 Å². The summed E-state index contributed by atoms with van der Waals surface area (Å²) >= 11 is 11.6. The third kappa shape index (κ3) is 2.70. The number of hydrogen-bond donors (Lipinski definition) is 0. The number of benzene rings is 1. The minimum Gasteiger partial charge on any atom is -0.346 e. The Hall–Kier alpha value is -0.0400. The Morgan fingerprint density at radius 2 is 1.76 bits per heavy atom. The van der Waals surface area contributed by atoms with Gasteiger partial charge in [0.1, 0.15) is 4.90 Å². The van der Waals surface area contributed by atoms with E-state index in [1.165, 1.54) is 12.1 Å². The van der Waals surface area contributed by atoms with E-state index in [-0.39, 0.29) is 20.5 Å². The lowest BCUT2D eigenvalue weighted by Crippen LogP contribution is -2.06. The molecule has 4 nitrogen and oxygen atoms in total. The van der Waals surface area contributed by atoms with E-state index in [1.54, 1.807) is 0 Å². The van der Waals surface area contributed by atoms with Gasteiger partial charge in [-0.3, -0.25) is 0 Å². The molecular formula is C9H7Cl3O4S. The van der Waals surface area contributed by atoms with Crippen LogP contribution < -0.4 is 0 Å². The summed E-state index contributed by atoms with van der Waals surface area (Å²) in [5.41, 5.74) is 0.256. The van der Waals surface area contributed by atoms with Crippen LogP contribution >= 0.6 is 33.9 Å². The molecule has 94 valence electrons. The molecule has 0 bridgehead atoms. The van der Waals surface area contributed by atoms with Crippen molar-refractivity contribution in [2.24, 2.45) is 0 Å². The van der Waals surface area contributed by atoms with Gasteiger partial charge in [0.25, 0.3) is 9.05 Å². The zero-order valence-electron chi connectivity index (χ0n) is 8.32. The molecule has 0 unspecified atom stereocenters. The van der Waals surface area contributed by atoms with Gasteiger partial charge in [0.05, 0.1) is 23.3 Å². The van der Waals surface area contributed by atoms with Crippen molar-refractivity contribution in [3.63, 3.8) is 0 Å². The summed E-state index contributed by atoms with van der Waals surface area (Å²) < 4.78 is 33.4. The normalized spacial score (nSPS) is 17.6. The smallest absolute Gasteiger partial charge is 0.263 e. The Morgan fingerprint density at radius 3 is 2.29 bits per heavy atom. The topological polar surface area (TPSA) is 52.6 Å². The van der Waals surface area contributed by atoms with Crippen LogP contribution in [-0.2, 0) is 18.5 Å². The first-order valence-corrected chi connectivity index (χ1v) is 7.63. The molecule has 0 atom stereocenters. The Morgan fingerprint density at radius 1 is 1.18 bits per heavy atom. The van der Waals surface area contributed by atoms with Gasteiger partial charge in [-0.25, -0.2) is 8.42 Å². The van der Waals surface area contributed by atoms with Crippen LogP contribution in [0, 0.1) is 0 Å². The maximum absolute atomic E-state index is 11.5. The minimum absolute atomic E-state index is 0.104. The molecule has 0 N–H and O–H groups in total. The van der Waals surface area contributed by atoms with Crippen LogP contribution in [0.3, 0.4) is 0 Å². The first-order chi connectivity index (χ1) is 7.91. The molecule has 0 aromatic heterocycles. The van der Waals surface area contributed by atoms with Crippen molar-refractivity contribution < 1.29 is 17.9 Å². The number of halogens is 3. The fourth-order valence-corrected chi connectivity index (χ4v) is 3.60. The molecule has 17 heavy (non-hydrogen) atoms. The maximum atomic E-state index is 11.5. The van der Waals surface area contributed by atoms with Crippen LogP contribution in [0.2, 0.25) is 10.0 Å². The molecule has 1 aliphatic rings. The van der Waals surface area contributed by atoms with E-state index >= 15 is 0 Å². The van der Waals surface area contributed by atoms with Crippen LogP contribution in [-0.4, -0.2) is 21.6 Å². The van der Waals surface area contributed by atoms with Gasteiger partial charge in [-0.05, 0) is 6.07 Å². The molecule has 0 amide bonds. The van der Waals surface area contributed by atoms with Crippen LogP contribution in [0.25, 0.3) is 0 Å². The first-order valence-electron chi connectivity index (χ1n) is 4.57. The van der Waals surface area contributed by atoms with E-state index in [2.05, 4.69) is 0 Å². The van der Waals surface area contributed by atoms with E-state index in [0.29, 0.717) is 13.2 Å². The molecular weight excluding hydrogens is 311 g/mol. The van der Waals surface area contributed by atoms with Crippen LogP contribution in [0.1, 0.15) is 11.9 Å². The highest BCUT2D eigenvalue weighted by molar-refractivity contribution is 8.13. The summed E-state index contributed by atoms with van der Waals surface area (Å²) in [6, 6.07) is 2.94. The average molecular weight is 318 g/mol. The van der Waals surface area contributed by atoms with Crippen molar-refractivity contribution in [2.45, 2.75) is 11.2 Å². The molecule has 2 rings (SSSR count). The Balaban J connectivity index is 2.63. The summed E-state index contributed by atoms with van der Waals surface area (Å²) in [5.74, 6) is 0. The van der Waals surface area contributed by atoms with Crippen LogP contribution in [0.4, 0.5) is 0 Å². The van der Waals surface area contributed by atoms with E-state index in [0.717, 1.165) is 0 Å². The Labute approximate surface area is 113 Å². The fourth-order valence-electron chi connectivity index (χ4n) is 1.52. The van der Waals surface area contributed by atoms with Gasteiger partial charge in [-0.2, -0.15) is 0 Å². The highest BCUT2D eigenvalue weighted by atomic mass is 35.7.